The minimum atomic E-state index is -0.923. The molecule has 454 valence electrons. The molecule has 0 aliphatic heterocycles. The Morgan fingerprint density at radius 2 is 0.906 bits per heavy atom. The van der Waals surface area contributed by atoms with Gasteiger partial charge in [0.25, 0.3) is 5.69 Å². The maximum Gasteiger partial charge on any atom is 0.337 e. The Balaban J connectivity index is -0.000000165. The number of nitro groups is 1. The van der Waals surface area contributed by atoms with Gasteiger partial charge in [-0.2, -0.15) is 26.3 Å². The molecule has 7 heterocycles. The van der Waals surface area contributed by atoms with Gasteiger partial charge in [0.1, 0.15) is 65.0 Å². The third-order valence-corrected chi connectivity index (χ3v) is 10.4. The summed E-state index contributed by atoms with van der Waals surface area (Å²) in [4.78, 5) is 69.1. The zero-order chi connectivity index (χ0) is 60.4. The van der Waals surface area contributed by atoms with Crippen LogP contribution in [0.5, 0.6) is 0 Å². The summed E-state index contributed by atoms with van der Waals surface area (Å²) < 4.78 is 0.906. The standard InChI is InChI=1S/C9H12N2O.C9H8N2O.C9H11NO2.C7H5BrN2.C7H5N3O2.C7H7N3.C7H6N2.C2H6.6CH4/c2*1-6-3-8(7(2)12)5-11-9(6)4-10;1-3-8-6(2)4-7(5-10-8)9(11)12;1-5-2-6(8)4-10-7(5)3-9;1-5-2-6(10(11)12)4-9-7(5)3-8;1-5-2-6(9)4-10-7(5)3-8;1-6-3-2-4-9-7(6)5-8;1-2;;;;;;/h3,5H,4,10H2,1-2H3;3,5H,1-2H3;4-5H,3H2,1-2H3,(H,11,12);2,4H,1H3;2,4H,1H3;2,4H,9H2,1H3;2-4H,1H3;1-2H3;6*1H4. The van der Waals surface area contributed by atoms with Gasteiger partial charge in [0.05, 0.1) is 28.1 Å². The van der Waals surface area contributed by atoms with E-state index >= 15 is 0 Å². The first kappa shape index (κ1) is 88.8. The van der Waals surface area contributed by atoms with Crippen LogP contribution in [-0.4, -0.2) is 62.5 Å². The van der Waals surface area contributed by atoms with E-state index in [9.17, 15) is 24.5 Å². The molecule has 85 heavy (non-hydrogen) atoms. The number of pyridine rings is 7. The summed E-state index contributed by atoms with van der Waals surface area (Å²) in [6.45, 7) is 22.1. The number of hydrogen-bond donors (Lipinski definition) is 3. The first-order chi connectivity index (χ1) is 37.4. The van der Waals surface area contributed by atoms with Crippen molar-refractivity contribution in [3.8, 4) is 30.3 Å². The first-order valence-corrected chi connectivity index (χ1v) is 24.4. The Morgan fingerprint density at radius 3 is 1.26 bits per heavy atom. The molecule has 0 aromatic carbocycles. The van der Waals surface area contributed by atoms with Gasteiger partial charge in [-0.15, -0.1) is 0 Å². The van der Waals surface area contributed by atoms with Crippen molar-refractivity contribution < 1.29 is 24.4 Å². The Morgan fingerprint density at radius 1 is 0.541 bits per heavy atom. The molecule has 0 bridgehead atoms. The maximum atomic E-state index is 10.9. The molecule has 0 atom stereocenters. The van der Waals surface area contributed by atoms with Crippen LogP contribution in [-0.2, 0) is 13.0 Å². The summed E-state index contributed by atoms with van der Waals surface area (Å²) in [5, 5.41) is 61.2. The van der Waals surface area contributed by atoms with Crippen molar-refractivity contribution >= 4 is 44.8 Å². The molecule has 0 saturated carbocycles. The van der Waals surface area contributed by atoms with Crippen LogP contribution in [0.15, 0.2) is 96.4 Å². The van der Waals surface area contributed by atoms with Crippen LogP contribution in [0.25, 0.3) is 0 Å². The summed E-state index contributed by atoms with van der Waals surface area (Å²) in [6.07, 6.45) is 11.0. The van der Waals surface area contributed by atoms with E-state index in [0.717, 1.165) is 61.9 Å². The highest BCUT2D eigenvalue weighted by Crippen LogP contribution is 2.14. The highest BCUT2D eigenvalue weighted by atomic mass is 79.9. The quantitative estimate of drug-likeness (QED) is 0.0791. The van der Waals surface area contributed by atoms with Gasteiger partial charge in [0.15, 0.2) is 11.6 Å². The zero-order valence-electron chi connectivity index (χ0n) is 45.9. The van der Waals surface area contributed by atoms with Gasteiger partial charge in [0, 0.05) is 64.9 Å². The Labute approximate surface area is 512 Å². The van der Waals surface area contributed by atoms with E-state index < -0.39 is 10.9 Å². The lowest BCUT2D eigenvalue weighted by Crippen LogP contribution is -2.04. The minimum Gasteiger partial charge on any atom is -0.478 e. The number of nitriles is 5. The van der Waals surface area contributed by atoms with Gasteiger partial charge in [-0.1, -0.05) is 71.4 Å². The van der Waals surface area contributed by atoms with Crippen molar-refractivity contribution in [1.29, 1.82) is 26.3 Å². The smallest absolute Gasteiger partial charge is 0.337 e. The molecule has 7 aromatic rings. The molecule has 7 rings (SSSR count). The van der Waals surface area contributed by atoms with E-state index in [2.05, 4.69) is 50.8 Å². The fraction of sp³-hybridized carbons (Fsp3) is 0.317. The molecule has 21 nitrogen and oxygen atoms in total. The number of aryl methyl sites for hydroxylation is 8. The number of carbonyl (C=O) groups excluding carboxylic acids is 2. The predicted molar refractivity (Wildman–Crippen MR) is 341 cm³/mol. The van der Waals surface area contributed by atoms with Crippen LogP contribution < -0.4 is 11.5 Å². The predicted octanol–water partition coefficient (Wildman–Crippen LogP) is 14.3. The Bertz CT molecular complexity index is 3250. The molecule has 0 spiro atoms. The van der Waals surface area contributed by atoms with Crippen molar-refractivity contribution in [2.75, 3.05) is 5.73 Å². The number of carboxylic acid groups (broad SMARTS) is 1. The molecule has 0 aliphatic carbocycles. The van der Waals surface area contributed by atoms with E-state index in [1.807, 2.05) is 110 Å². The van der Waals surface area contributed by atoms with E-state index in [4.69, 9.17) is 42.9 Å². The number of carboxylic acids is 1. The first-order valence-electron chi connectivity index (χ1n) is 23.6. The highest BCUT2D eigenvalue weighted by molar-refractivity contribution is 9.10. The lowest BCUT2D eigenvalue weighted by molar-refractivity contribution is -0.385. The number of anilines is 1. The fourth-order valence-corrected chi connectivity index (χ4v) is 6.18. The molecule has 0 saturated heterocycles. The van der Waals surface area contributed by atoms with Gasteiger partial charge in [-0.25, -0.2) is 29.7 Å². The van der Waals surface area contributed by atoms with Gasteiger partial charge < -0.3 is 16.6 Å². The number of rotatable bonds is 6. The molecule has 0 radical (unpaired) electrons. The highest BCUT2D eigenvalue weighted by Gasteiger charge is 2.09. The van der Waals surface area contributed by atoms with Crippen molar-refractivity contribution in [3.63, 3.8) is 0 Å². The molecule has 0 aliphatic rings. The number of nitrogens with two attached hydrogens (primary N) is 2. The van der Waals surface area contributed by atoms with Crippen molar-refractivity contribution in [2.24, 2.45) is 5.73 Å². The number of ketones is 2. The molecule has 7 aromatic heterocycles. The molecule has 22 heteroatoms. The van der Waals surface area contributed by atoms with Crippen LogP contribution >= 0.6 is 15.9 Å². The van der Waals surface area contributed by atoms with Crippen LogP contribution in [0.2, 0.25) is 0 Å². The average molecular weight is 1230 g/mol. The SMILES string of the molecule is C.C.C.C.C.C.CC.CC(=O)c1cnc(C#N)c(C)c1.CC(=O)c1cnc(CN)c(C)c1.CCc1ncc(C(=O)O)cc1C.Cc1cc(Br)cnc1C#N.Cc1cc(N)cnc1C#N.Cc1cc([N+](=O)[O-])cnc1C#N.Cc1cccnc1C#N. The summed E-state index contributed by atoms with van der Waals surface area (Å²) >= 11 is 3.25. The summed E-state index contributed by atoms with van der Waals surface area (Å²) in [7, 11) is 0. The van der Waals surface area contributed by atoms with Gasteiger partial charge in [-0.05, 0) is 160 Å². The zero-order valence-corrected chi connectivity index (χ0v) is 47.5. The Kier molecular flexibility index (Phi) is 49.7. The monoisotopic (exact) mass is 1230 g/mol. The van der Waals surface area contributed by atoms with E-state index in [1.54, 1.807) is 50.6 Å². The van der Waals surface area contributed by atoms with Gasteiger partial charge in [0.2, 0.25) is 0 Å². The Hall–Kier alpha value is -10.1. The van der Waals surface area contributed by atoms with Crippen LogP contribution in [0.1, 0.15) is 189 Å². The third-order valence-electron chi connectivity index (χ3n) is 10.00. The summed E-state index contributed by atoms with van der Waals surface area (Å²) in [5.74, 6) is -0.919. The van der Waals surface area contributed by atoms with Crippen LogP contribution in [0, 0.1) is 115 Å². The summed E-state index contributed by atoms with van der Waals surface area (Å²) in [6, 6.07) is 23.4. The van der Waals surface area contributed by atoms with Crippen molar-refractivity contribution in [3.05, 3.63) is 202 Å². The lowest BCUT2D eigenvalue weighted by Gasteiger charge is -2.02. The topological polar surface area (TPSA) is 376 Å². The number of Topliss-reactive ketones (excluding diaryl/α,β-unsaturated/α-hetero) is 2. The molecular formula is C63H84BrN15O6. The minimum absolute atomic E-state index is 0. The van der Waals surface area contributed by atoms with Gasteiger partial charge >= 0.3 is 5.97 Å². The second-order valence-corrected chi connectivity index (χ2v) is 16.9. The lowest BCUT2D eigenvalue weighted by atomic mass is 10.1. The molecule has 0 unspecified atom stereocenters. The number of nitrogens with zero attached hydrogens (tertiary/aromatic N) is 13. The van der Waals surface area contributed by atoms with Crippen molar-refractivity contribution in [1.82, 2.24) is 34.9 Å². The number of carbonyl (C=O) groups is 3. The fourth-order valence-electron chi connectivity index (χ4n) is 5.73. The summed E-state index contributed by atoms with van der Waals surface area (Å²) in [5.41, 5.74) is 22.5. The molecular weight excluding hydrogens is 1140 g/mol. The number of nitrogen functional groups attached to an aromatic ring is 1. The van der Waals surface area contributed by atoms with E-state index in [0.29, 0.717) is 51.7 Å². The molecule has 0 amide bonds. The second kappa shape index (κ2) is 47.6. The van der Waals surface area contributed by atoms with E-state index in [-0.39, 0.29) is 73.1 Å². The molecule has 0 fully saturated rings. The number of aromatic carboxylic acids is 1. The van der Waals surface area contributed by atoms with Gasteiger partial charge in [-0.3, -0.25) is 29.7 Å². The average Bonchev–Trinajstić information content (AvgIpc) is 3.47. The van der Waals surface area contributed by atoms with E-state index in [1.165, 1.54) is 38.5 Å². The normalized spacial score (nSPS) is 8.39. The third kappa shape index (κ3) is 32.3. The molecule has 5 N–H and O–H groups in total. The number of halogens is 1. The largest absolute Gasteiger partial charge is 0.478 e. The van der Waals surface area contributed by atoms with Crippen molar-refractivity contribution in [2.45, 2.75) is 141 Å². The number of hydrogen-bond acceptors (Lipinski definition) is 19. The number of aromatic nitrogens is 7. The van der Waals surface area contributed by atoms with Crippen LogP contribution in [0.4, 0.5) is 11.4 Å². The second-order valence-electron chi connectivity index (χ2n) is 15.9. The maximum absolute atomic E-state index is 10.9. The van der Waals surface area contributed by atoms with Crippen LogP contribution in [0.3, 0.4) is 0 Å².